The SMILES string of the molecule is COc1c(C(C)(C)C)cc2c(c1-c1ccccc1)C=C(C)C2=O. The number of Topliss-reactive ketones (excluding diaryl/α,β-unsaturated/α-hetero) is 1. The van der Waals surface area contributed by atoms with Crippen molar-refractivity contribution in [2.45, 2.75) is 33.1 Å². The molecule has 1 aliphatic rings. The van der Waals surface area contributed by atoms with Crippen molar-refractivity contribution in [3.63, 3.8) is 0 Å². The van der Waals surface area contributed by atoms with Crippen LogP contribution in [0.4, 0.5) is 0 Å². The van der Waals surface area contributed by atoms with Crippen molar-refractivity contribution in [3.05, 3.63) is 58.7 Å². The van der Waals surface area contributed by atoms with Gasteiger partial charge in [-0.3, -0.25) is 4.79 Å². The third-order valence-corrected chi connectivity index (χ3v) is 4.36. The lowest BCUT2D eigenvalue weighted by atomic mass is 9.81. The van der Waals surface area contributed by atoms with Gasteiger partial charge in [0.25, 0.3) is 0 Å². The van der Waals surface area contributed by atoms with Gasteiger partial charge in [0, 0.05) is 16.7 Å². The molecule has 0 atom stereocenters. The Morgan fingerprint density at radius 3 is 2.26 bits per heavy atom. The molecular weight excluding hydrogens is 284 g/mol. The lowest BCUT2D eigenvalue weighted by Gasteiger charge is -2.26. The van der Waals surface area contributed by atoms with E-state index < -0.39 is 0 Å². The van der Waals surface area contributed by atoms with Crippen LogP contribution in [0.25, 0.3) is 17.2 Å². The number of methoxy groups -OCH3 is 1. The Labute approximate surface area is 137 Å². The number of rotatable bonds is 2. The molecule has 0 saturated carbocycles. The summed E-state index contributed by atoms with van der Waals surface area (Å²) in [5.41, 5.74) is 5.59. The highest BCUT2D eigenvalue weighted by Gasteiger charge is 2.30. The summed E-state index contributed by atoms with van der Waals surface area (Å²) in [6.45, 7) is 8.31. The molecule has 0 bridgehead atoms. The lowest BCUT2D eigenvalue weighted by Crippen LogP contribution is -2.15. The molecule has 0 saturated heterocycles. The predicted octanol–water partition coefficient (Wildman–Crippen LogP) is 5.26. The van der Waals surface area contributed by atoms with Gasteiger partial charge in [-0.25, -0.2) is 0 Å². The second kappa shape index (κ2) is 5.38. The average molecular weight is 306 g/mol. The van der Waals surface area contributed by atoms with Crippen molar-refractivity contribution in [2.24, 2.45) is 0 Å². The molecular formula is C21H22O2. The van der Waals surface area contributed by atoms with Crippen LogP contribution in [0, 0.1) is 0 Å². The summed E-state index contributed by atoms with van der Waals surface area (Å²) >= 11 is 0. The van der Waals surface area contributed by atoms with E-state index >= 15 is 0 Å². The molecule has 0 spiro atoms. The minimum Gasteiger partial charge on any atom is -0.496 e. The van der Waals surface area contributed by atoms with Crippen LogP contribution >= 0.6 is 0 Å². The maximum Gasteiger partial charge on any atom is 0.189 e. The van der Waals surface area contributed by atoms with Crippen LogP contribution in [0.5, 0.6) is 5.75 Å². The molecule has 0 aliphatic heterocycles. The smallest absolute Gasteiger partial charge is 0.189 e. The van der Waals surface area contributed by atoms with Gasteiger partial charge < -0.3 is 4.74 Å². The molecule has 0 unspecified atom stereocenters. The lowest BCUT2D eigenvalue weighted by molar-refractivity contribution is 0.103. The normalized spacial score (nSPS) is 13.8. The number of allylic oxidation sites excluding steroid dienone is 1. The summed E-state index contributed by atoms with van der Waals surface area (Å²) in [4.78, 5) is 12.5. The van der Waals surface area contributed by atoms with Crippen molar-refractivity contribution in [1.82, 2.24) is 0 Å². The number of ketones is 1. The summed E-state index contributed by atoms with van der Waals surface area (Å²) in [7, 11) is 1.71. The minimum atomic E-state index is -0.110. The fourth-order valence-corrected chi connectivity index (χ4v) is 3.17. The summed E-state index contributed by atoms with van der Waals surface area (Å²) in [6.07, 6.45) is 1.98. The average Bonchev–Trinajstić information content (AvgIpc) is 2.80. The van der Waals surface area contributed by atoms with E-state index in [1.807, 2.05) is 37.3 Å². The highest BCUT2D eigenvalue weighted by molar-refractivity contribution is 6.19. The third-order valence-electron chi connectivity index (χ3n) is 4.36. The Morgan fingerprint density at radius 1 is 1.04 bits per heavy atom. The molecule has 118 valence electrons. The number of carbonyl (C=O) groups excluding carboxylic acids is 1. The van der Waals surface area contributed by atoms with Crippen LogP contribution in [0.15, 0.2) is 42.0 Å². The predicted molar refractivity (Wildman–Crippen MR) is 95.1 cm³/mol. The molecule has 2 aromatic rings. The Hall–Kier alpha value is -2.35. The molecule has 3 rings (SSSR count). The maximum absolute atomic E-state index is 12.5. The zero-order valence-corrected chi connectivity index (χ0v) is 14.4. The summed E-state index contributed by atoms with van der Waals surface area (Å²) in [6, 6.07) is 12.2. The van der Waals surface area contributed by atoms with E-state index in [4.69, 9.17) is 4.74 Å². The Bertz CT molecular complexity index is 806. The van der Waals surface area contributed by atoms with E-state index in [1.165, 1.54) is 0 Å². The first-order chi connectivity index (χ1) is 10.8. The molecule has 0 heterocycles. The van der Waals surface area contributed by atoms with Crippen molar-refractivity contribution < 1.29 is 9.53 Å². The molecule has 2 nitrogen and oxygen atoms in total. The summed E-state index contributed by atoms with van der Waals surface area (Å²) in [5, 5.41) is 0. The van der Waals surface area contributed by atoms with E-state index in [-0.39, 0.29) is 11.2 Å². The second-order valence-electron chi connectivity index (χ2n) is 7.07. The monoisotopic (exact) mass is 306 g/mol. The van der Waals surface area contributed by atoms with Crippen molar-refractivity contribution in [3.8, 4) is 16.9 Å². The van der Waals surface area contributed by atoms with Gasteiger partial charge in [0.05, 0.1) is 7.11 Å². The molecule has 0 amide bonds. The topological polar surface area (TPSA) is 26.3 Å². The van der Waals surface area contributed by atoms with Crippen LogP contribution < -0.4 is 4.74 Å². The first-order valence-corrected chi connectivity index (χ1v) is 7.88. The standard InChI is InChI=1S/C21H22O2/c1-13-11-15-16(19(13)22)12-17(21(2,3)4)20(23-5)18(15)14-9-7-6-8-10-14/h6-12H,1-5H3. The van der Waals surface area contributed by atoms with Gasteiger partial charge in [-0.05, 0) is 41.2 Å². The van der Waals surface area contributed by atoms with Crippen molar-refractivity contribution >= 4 is 11.9 Å². The highest BCUT2D eigenvalue weighted by atomic mass is 16.5. The van der Waals surface area contributed by atoms with E-state index in [0.29, 0.717) is 0 Å². The van der Waals surface area contributed by atoms with Gasteiger partial charge in [0.15, 0.2) is 5.78 Å². The number of ether oxygens (including phenoxy) is 1. The maximum atomic E-state index is 12.5. The van der Waals surface area contributed by atoms with Crippen LogP contribution in [-0.4, -0.2) is 12.9 Å². The summed E-state index contributed by atoms with van der Waals surface area (Å²) in [5.74, 6) is 0.978. The molecule has 1 aliphatic carbocycles. The molecule has 2 aromatic carbocycles. The van der Waals surface area contributed by atoms with Gasteiger partial charge in [-0.2, -0.15) is 0 Å². The molecule has 23 heavy (non-hydrogen) atoms. The third kappa shape index (κ3) is 2.48. The number of hydrogen-bond donors (Lipinski definition) is 0. The molecule has 0 aromatic heterocycles. The van der Waals surface area contributed by atoms with E-state index in [2.05, 4.69) is 32.9 Å². The van der Waals surface area contributed by atoms with Crippen molar-refractivity contribution in [1.29, 1.82) is 0 Å². The quantitative estimate of drug-likeness (QED) is 0.756. The number of fused-ring (bicyclic) bond motifs is 1. The van der Waals surface area contributed by atoms with E-state index in [1.54, 1.807) is 7.11 Å². The van der Waals surface area contributed by atoms with Crippen LogP contribution in [0.3, 0.4) is 0 Å². The van der Waals surface area contributed by atoms with Gasteiger partial charge >= 0.3 is 0 Å². The Balaban J connectivity index is 2.43. The molecule has 0 fully saturated rings. The zero-order chi connectivity index (χ0) is 16.8. The number of carbonyl (C=O) groups is 1. The molecule has 0 N–H and O–H groups in total. The van der Waals surface area contributed by atoms with Gasteiger partial charge in [0.2, 0.25) is 0 Å². The van der Waals surface area contributed by atoms with E-state index in [0.717, 1.165) is 39.1 Å². The molecule has 0 radical (unpaired) electrons. The number of benzene rings is 2. The van der Waals surface area contributed by atoms with Crippen LogP contribution in [0.1, 0.15) is 49.2 Å². The van der Waals surface area contributed by atoms with Crippen LogP contribution in [0.2, 0.25) is 0 Å². The largest absolute Gasteiger partial charge is 0.496 e. The van der Waals surface area contributed by atoms with Crippen LogP contribution in [-0.2, 0) is 5.41 Å². The highest BCUT2D eigenvalue weighted by Crippen LogP contribution is 2.46. The zero-order valence-electron chi connectivity index (χ0n) is 14.4. The fourth-order valence-electron chi connectivity index (χ4n) is 3.17. The second-order valence-corrected chi connectivity index (χ2v) is 7.07. The minimum absolute atomic E-state index is 0.110. The molecule has 2 heteroatoms. The van der Waals surface area contributed by atoms with Gasteiger partial charge in [0.1, 0.15) is 5.75 Å². The van der Waals surface area contributed by atoms with Gasteiger partial charge in [-0.1, -0.05) is 51.1 Å². The van der Waals surface area contributed by atoms with E-state index in [9.17, 15) is 4.79 Å². The fraction of sp³-hybridized carbons (Fsp3) is 0.286. The van der Waals surface area contributed by atoms with Gasteiger partial charge in [-0.15, -0.1) is 0 Å². The number of hydrogen-bond acceptors (Lipinski definition) is 2. The first-order valence-electron chi connectivity index (χ1n) is 7.88. The van der Waals surface area contributed by atoms with Crippen molar-refractivity contribution in [2.75, 3.05) is 7.11 Å². The summed E-state index contributed by atoms with van der Waals surface area (Å²) < 4.78 is 5.81. The Morgan fingerprint density at radius 2 is 1.70 bits per heavy atom. The first kappa shape index (κ1) is 15.5. The Kier molecular flexibility index (Phi) is 3.63.